The van der Waals surface area contributed by atoms with Crippen molar-refractivity contribution in [3.8, 4) is 0 Å². The summed E-state index contributed by atoms with van der Waals surface area (Å²) in [6.45, 7) is 4.14. The molecule has 3 N–H and O–H groups in total. The molecular weight excluding hydrogens is 651 g/mol. The molecule has 0 aliphatic carbocycles. The van der Waals surface area contributed by atoms with Crippen molar-refractivity contribution in [1.82, 2.24) is 5.32 Å². The molecule has 0 saturated carbocycles. The van der Waals surface area contributed by atoms with E-state index in [4.69, 9.17) is 0 Å². The molecule has 0 heterocycles. The summed E-state index contributed by atoms with van der Waals surface area (Å²) in [5.74, 6) is -0.0798. The van der Waals surface area contributed by atoms with Gasteiger partial charge in [-0.2, -0.15) is 0 Å². The molecule has 0 aromatic rings. The molecule has 2 atom stereocenters. The largest absolute Gasteiger partial charge is 0.394 e. The van der Waals surface area contributed by atoms with Crippen LogP contribution in [0.3, 0.4) is 0 Å². The van der Waals surface area contributed by atoms with E-state index in [2.05, 4.69) is 92.1 Å². The van der Waals surface area contributed by atoms with Crippen LogP contribution in [0.2, 0.25) is 0 Å². The Balaban J connectivity index is 3.52. The number of rotatable bonds is 39. The van der Waals surface area contributed by atoms with Crippen molar-refractivity contribution < 1.29 is 15.0 Å². The van der Waals surface area contributed by atoms with E-state index in [1.807, 2.05) is 6.08 Å². The number of aliphatic hydroxyl groups is 2. The molecule has 0 spiro atoms. The van der Waals surface area contributed by atoms with Crippen molar-refractivity contribution in [1.29, 1.82) is 0 Å². The topological polar surface area (TPSA) is 69.6 Å². The molecule has 304 valence electrons. The maximum absolute atomic E-state index is 12.3. The Morgan fingerprint density at radius 2 is 0.849 bits per heavy atom. The zero-order valence-corrected chi connectivity index (χ0v) is 34.8. The second-order valence-corrected chi connectivity index (χ2v) is 14.7. The maximum atomic E-state index is 12.3. The van der Waals surface area contributed by atoms with Crippen molar-refractivity contribution in [3.05, 3.63) is 85.1 Å². The third-order valence-corrected chi connectivity index (χ3v) is 9.61. The van der Waals surface area contributed by atoms with Crippen LogP contribution in [0.25, 0.3) is 0 Å². The molecule has 0 fully saturated rings. The second-order valence-electron chi connectivity index (χ2n) is 14.7. The van der Waals surface area contributed by atoms with Crippen molar-refractivity contribution >= 4 is 5.91 Å². The normalized spacial score (nSPS) is 13.8. The molecular formula is C49H85NO3. The van der Waals surface area contributed by atoms with Crippen molar-refractivity contribution in [3.63, 3.8) is 0 Å². The smallest absolute Gasteiger partial charge is 0.220 e. The van der Waals surface area contributed by atoms with Gasteiger partial charge in [-0.05, 0) is 77.0 Å². The van der Waals surface area contributed by atoms with E-state index >= 15 is 0 Å². The molecule has 0 saturated heterocycles. The average Bonchev–Trinajstić information content (AvgIpc) is 3.16. The second kappa shape index (κ2) is 44.0. The van der Waals surface area contributed by atoms with Gasteiger partial charge in [-0.25, -0.2) is 0 Å². The van der Waals surface area contributed by atoms with Crippen LogP contribution >= 0.6 is 0 Å². The van der Waals surface area contributed by atoms with Gasteiger partial charge in [0, 0.05) is 6.42 Å². The predicted octanol–water partition coefficient (Wildman–Crippen LogP) is 14.1. The minimum atomic E-state index is -0.863. The molecule has 0 rings (SSSR count). The first-order valence-corrected chi connectivity index (χ1v) is 22.3. The van der Waals surface area contributed by atoms with Gasteiger partial charge in [-0.3, -0.25) is 4.79 Å². The molecule has 53 heavy (non-hydrogen) atoms. The predicted molar refractivity (Wildman–Crippen MR) is 234 cm³/mol. The molecule has 0 aromatic carbocycles. The number of unbranched alkanes of at least 4 members (excludes halogenated alkanes) is 20. The summed E-state index contributed by atoms with van der Waals surface area (Å²) in [5, 5.41) is 22.9. The lowest BCUT2D eigenvalue weighted by Crippen LogP contribution is -2.45. The summed E-state index contributed by atoms with van der Waals surface area (Å²) >= 11 is 0. The fourth-order valence-electron chi connectivity index (χ4n) is 6.22. The van der Waals surface area contributed by atoms with E-state index in [1.54, 1.807) is 6.08 Å². The van der Waals surface area contributed by atoms with Crippen LogP contribution in [0, 0.1) is 0 Å². The number of hydrogen-bond acceptors (Lipinski definition) is 3. The van der Waals surface area contributed by atoms with Crippen LogP contribution in [0.4, 0.5) is 0 Å². The molecule has 0 aliphatic heterocycles. The van der Waals surface area contributed by atoms with Gasteiger partial charge in [-0.1, -0.05) is 202 Å². The van der Waals surface area contributed by atoms with Crippen molar-refractivity contribution in [2.45, 2.75) is 212 Å². The van der Waals surface area contributed by atoms with E-state index in [0.717, 1.165) is 64.2 Å². The van der Waals surface area contributed by atoms with Crippen LogP contribution in [0.5, 0.6) is 0 Å². The highest BCUT2D eigenvalue weighted by atomic mass is 16.3. The molecule has 1 amide bonds. The summed E-state index contributed by atoms with van der Waals surface area (Å²) in [7, 11) is 0. The van der Waals surface area contributed by atoms with Crippen LogP contribution in [0.15, 0.2) is 85.1 Å². The first-order chi connectivity index (χ1) is 26.2. The van der Waals surface area contributed by atoms with Crippen LogP contribution in [0.1, 0.15) is 200 Å². The van der Waals surface area contributed by atoms with E-state index in [0.29, 0.717) is 6.42 Å². The fraction of sp³-hybridized carbons (Fsp3) is 0.694. The molecule has 0 bridgehead atoms. The van der Waals surface area contributed by atoms with Crippen LogP contribution in [-0.4, -0.2) is 34.9 Å². The lowest BCUT2D eigenvalue weighted by molar-refractivity contribution is -0.123. The summed E-state index contributed by atoms with van der Waals surface area (Å²) in [6, 6.07) is -0.640. The quantitative estimate of drug-likeness (QED) is 0.0435. The summed E-state index contributed by atoms with van der Waals surface area (Å²) in [4.78, 5) is 12.3. The highest BCUT2D eigenvalue weighted by Gasteiger charge is 2.17. The lowest BCUT2D eigenvalue weighted by atomic mass is 10.0. The number of amides is 1. The van der Waals surface area contributed by atoms with Gasteiger partial charge in [0.05, 0.1) is 18.8 Å². The first kappa shape index (κ1) is 50.6. The van der Waals surface area contributed by atoms with Gasteiger partial charge in [0.1, 0.15) is 0 Å². The minimum Gasteiger partial charge on any atom is -0.394 e. The average molecular weight is 736 g/mol. The van der Waals surface area contributed by atoms with E-state index in [-0.39, 0.29) is 12.5 Å². The van der Waals surface area contributed by atoms with Crippen LogP contribution in [-0.2, 0) is 4.79 Å². The highest BCUT2D eigenvalue weighted by Crippen LogP contribution is 2.14. The number of carbonyl (C=O) groups excluding carboxylic acids is 1. The Kier molecular flexibility index (Phi) is 42.0. The number of allylic oxidation sites excluding steroid dienone is 13. The van der Waals surface area contributed by atoms with Crippen molar-refractivity contribution in [2.75, 3.05) is 6.61 Å². The lowest BCUT2D eigenvalue weighted by Gasteiger charge is -2.19. The van der Waals surface area contributed by atoms with Crippen LogP contribution < -0.4 is 5.32 Å². The Morgan fingerprint density at radius 1 is 0.472 bits per heavy atom. The Hall–Kier alpha value is -2.43. The highest BCUT2D eigenvalue weighted by molar-refractivity contribution is 5.76. The first-order valence-electron chi connectivity index (χ1n) is 22.3. The third-order valence-electron chi connectivity index (χ3n) is 9.61. The van der Waals surface area contributed by atoms with E-state index in [9.17, 15) is 15.0 Å². The third kappa shape index (κ3) is 40.6. The van der Waals surface area contributed by atoms with Gasteiger partial charge in [-0.15, -0.1) is 0 Å². The molecule has 2 unspecified atom stereocenters. The maximum Gasteiger partial charge on any atom is 0.220 e. The summed E-state index contributed by atoms with van der Waals surface area (Å²) < 4.78 is 0. The number of carbonyl (C=O) groups is 1. The van der Waals surface area contributed by atoms with Gasteiger partial charge >= 0.3 is 0 Å². The Bertz CT molecular complexity index is 972. The molecule has 4 heteroatoms. The summed E-state index contributed by atoms with van der Waals surface area (Å²) in [6.07, 6.45) is 64.2. The van der Waals surface area contributed by atoms with E-state index < -0.39 is 12.1 Å². The van der Waals surface area contributed by atoms with E-state index in [1.165, 1.54) is 116 Å². The monoisotopic (exact) mass is 736 g/mol. The van der Waals surface area contributed by atoms with Crippen molar-refractivity contribution in [2.24, 2.45) is 0 Å². The molecule has 0 aromatic heterocycles. The fourth-order valence-corrected chi connectivity index (χ4v) is 6.22. The Morgan fingerprint density at radius 3 is 1.32 bits per heavy atom. The van der Waals surface area contributed by atoms with Gasteiger partial charge < -0.3 is 15.5 Å². The standard InChI is InChI=1S/C49H85NO3/c1-3-5-7-9-11-13-15-16-17-18-19-20-21-22-23-24-25-26-27-28-29-30-31-32-33-34-35-37-39-41-43-45-49(53)50-47(46-51)48(52)44-42-40-38-36-14-12-10-8-6-4-2/h5,7,11,13-14,16-17,19-20,22-23,36,42,44,47-48,51-52H,3-4,6,8-10,12,15,18,21,24-35,37-41,43,45-46H2,1-2H3,(H,50,53)/b7-5-,13-11-,17-16-,20-19-,23-22-,36-14+,44-42+. The van der Waals surface area contributed by atoms with Gasteiger partial charge in [0.2, 0.25) is 5.91 Å². The number of hydrogen-bond donors (Lipinski definition) is 3. The number of nitrogens with one attached hydrogen (secondary N) is 1. The zero-order valence-electron chi connectivity index (χ0n) is 34.8. The SMILES string of the molecule is CC/C=C\C/C=C\C/C=C\C/C=C\C/C=C\CCCCCCCCCCCCCCCCCC(=O)NC(CO)C(O)/C=C/CC/C=C/CCCCCC. The minimum absolute atomic E-state index is 0.0798. The van der Waals surface area contributed by atoms with Gasteiger partial charge in [0.15, 0.2) is 0 Å². The number of aliphatic hydroxyl groups excluding tert-OH is 2. The molecule has 4 nitrogen and oxygen atoms in total. The summed E-state index contributed by atoms with van der Waals surface area (Å²) in [5.41, 5.74) is 0. The molecule has 0 aliphatic rings. The zero-order chi connectivity index (χ0) is 38.6. The van der Waals surface area contributed by atoms with Gasteiger partial charge in [0.25, 0.3) is 0 Å². The molecule has 0 radical (unpaired) electrons. The Labute approximate surface area is 329 Å².